The average molecular weight is 201 g/mol. The molecule has 1 atom stereocenters. The summed E-state index contributed by atoms with van der Waals surface area (Å²) < 4.78 is 5.45. The second-order valence-electron chi connectivity index (χ2n) is 5.02. The number of carboxylic acid groups (broad SMARTS) is 1. The zero-order chi connectivity index (χ0) is 11.0. The first-order valence-electron chi connectivity index (χ1n) is 4.92. The van der Waals surface area contributed by atoms with Gasteiger partial charge in [-0.15, -0.1) is 0 Å². The van der Waals surface area contributed by atoms with Gasteiger partial charge in [-0.2, -0.15) is 0 Å². The van der Waals surface area contributed by atoms with Crippen LogP contribution in [0.5, 0.6) is 0 Å². The highest BCUT2D eigenvalue weighted by Gasteiger charge is 2.49. The number of carbonyl (C=O) groups is 1. The molecule has 1 aliphatic rings. The van der Waals surface area contributed by atoms with Crippen molar-refractivity contribution in [2.75, 3.05) is 6.61 Å². The van der Waals surface area contributed by atoms with Gasteiger partial charge < -0.3 is 15.6 Å². The van der Waals surface area contributed by atoms with Crippen LogP contribution < -0.4 is 5.73 Å². The standard InChI is InChI=1S/C10H19NO3/c1-9(2,3)14-6-10(11,8(12)13)7-4-5-7/h7H,4-6,11H2,1-3H3,(H,12,13). The molecule has 0 spiro atoms. The lowest BCUT2D eigenvalue weighted by Crippen LogP contribution is -2.55. The number of ether oxygens (including phenoxy) is 1. The van der Waals surface area contributed by atoms with Crippen molar-refractivity contribution in [3.63, 3.8) is 0 Å². The number of hydrogen-bond donors (Lipinski definition) is 2. The fourth-order valence-corrected chi connectivity index (χ4v) is 1.29. The van der Waals surface area contributed by atoms with Crippen LogP contribution in [0.3, 0.4) is 0 Å². The zero-order valence-corrected chi connectivity index (χ0v) is 9.04. The molecular formula is C10H19NO3. The van der Waals surface area contributed by atoms with Crippen molar-refractivity contribution in [1.82, 2.24) is 0 Å². The van der Waals surface area contributed by atoms with Gasteiger partial charge in [0.05, 0.1) is 12.2 Å². The normalized spacial score (nSPS) is 21.7. The van der Waals surface area contributed by atoms with Crippen LogP contribution in [0.25, 0.3) is 0 Å². The molecule has 0 radical (unpaired) electrons. The summed E-state index contributed by atoms with van der Waals surface area (Å²) in [4.78, 5) is 11.0. The van der Waals surface area contributed by atoms with Crippen molar-refractivity contribution in [2.45, 2.75) is 44.8 Å². The van der Waals surface area contributed by atoms with Gasteiger partial charge in [0.25, 0.3) is 0 Å². The van der Waals surface area contributed by atoms with Gasteiger partial charge >= 0.3 is 5.97 Å². The predicted molar refractivity (Wildman–Crippen MR) is 53.0 cm³/mol. The van der Waals surface area contributed by atoms with E-state index in [1.807, 2.05) is 20.8 Å². The first-order chi connectivity index (χ1) is 6.26. The van der Waals surface area contributed by atoms with E-state index in [0.29, 0.717) is 0 Å². The average Bonchev–Trinajstić information content (AvgIpc) is 2.80. The summed E-state index contributed by atoms with van der Waals surface area (Å²) >= 11 is 0. The Labute approximate surface area is 84.4 Å². The Kier molecular flexibility index (Phi) is 2.88. The SMILES string of the molecule is CC(C)(C)OCC(N)(C(=O)O)C1CC1. The van der Waals surface area contributed by atoms with Gasteiger partial charge in [0.1, 0.15) is 5.54 Å². The van der Waals surface area contributed by atoms with Crippen LogP contribution in [0.4, 0.5) is 0 Å². The van der Waals surface area contributed by atoms with Gasteiger partial charge in [0.2, 0.25) is 0 Å². The van der Waals surface area contributed by atoms with Gasteiger partial charge in [-0.1, -0.05) is 0 Å². The number of aliphatic carboxylic acids is 1. The van der Waals surface area contributed by atoms with E-state index in [-0.39, 0.29) is 18.1 Å². The van der Waals surface area contributed by atoms with Crippen molar-refractivity contribution in [3.05, 3.63) is 0 Å². The molecule has 3 N–H and O–H groups in total. The fourth-order valence-electron chi connectivity index (χ4n) is 1.29. The lowest BCUT2D eigenvalue weighted by atomic mass is 9.95. The van der Waals surface area contributed by atoms with Crippen molar-refractivity contribution < 1.29 is 14.6 Å². The van der Waals surface area contributed by atoms with Gasteiger partial charge in [-0.05, 0) is 39.5 Å². The van der Waals surface area contributed by atoms with E-state index in [2.05, 4.69) is 0 Å². The molecule has 4 heteroatoms. The summed E-state index contributed by atoms with van der Waals surface area (Å²) in [5, 5.41) is 9.03. The van der Waals surface area contributed by atoms with Crippen LogP contribution in [-0.2, 0) is 9.53 Å². The molecule has 0 heterocycles. The minimum Gasteiger partial charge on any atom is -0.480 e. The molecule has 4 nitrogen and oxygen atoms in total. The Balaban J connectivity index is 2.56. The minimum atomic E-state index is -1.19. The van der Waals surface area contributed by atoms with E-state index in [9.17, 15) is 4.79 Å². The molecule has 0 saturated heterocycles. The largest absolute Gasteiger partial charge is 0.480 e. The minimum absolute atomic E-state index is 0.0855. The maximum absolute atomic E-state index is 11.0. The highest BCUT2D eigenvalue weighted by atomic mass is 16.5. The molecule has 1 fully saturated rings. The Bertz CT molecular complexity index is 230. The maximum atomic E-state index is 11.0. The topological polar surface area (TPSA) is 72.5 Å². The summed E-state index contributed by atoms with van der Waals surface area (Å²) in [5.74, 6) is -0.869. The summed E-state index contributed by atoms with van der Waals surface area (Å²) in [6.45, 7) is 5.77. The highest BCUT2D eigenvalue weighted by Crippen LogP contribution is 2.39. The van der Waals surface area contributed by atoms with Crippen LogP contribution in [0.2, 0.25) is 0 Å². The molecule has 0 amide bonds. The molecule has 1 unspecified atom stereocenters. The van der Waals surface area contributed by atoms with E-state index in [4.69, 9.17) is 15.6 Å². The molecule has 0 aromatic heterocycles. The summed E-state index contributed by atoms with van der Waals surface area (Å²) in [6, 6.07) is 0. The van der Waals surface area contributed by atoms with Gasteiger partial charge in [-0.3, -0.25) is 4.79 Å². The van der Waals surface area contributed by atoms with Crippen LogP contribution in [0.15, 0.2) is 0 Å². The van der Waals surface area contributed by atoms with E-state index < -0.39 is 11.5 Å². The Hall–Kier alpha value is -0.610. The molecule has 14 heavy (non-hydrogen) atoms. The van der Waals surface area contributed by atoms with E-state index in [1.54, 1.807) is 0 Å². The van der Waals surface area contributed by atoms with Crippen molar-refractivity contribution in [2.24, 2.45) is 11.7 Å². The number of carboxylic acids is 1. The number of hydrogen-bond acceptors (Lipinski definition) is 3. The Morgan fingerprint density at radius 2 is 2.00 bits per heavy atom. The third-order valence-corrected chi connectivity index (χ3v) is 2.45. The smallest absolute Gasteiger partial charge is 0.326 e. The Morgan fingerprint density at radius 1 is 1.50 bits per heavy atom. The summed E-state index contributed by atoms with van der Waals surface area (Å²) in [5.41, 5.74) is 4.30. The van der Waals surface area contributed by atoms with E-state index in [0.717, 1.165) is 12.8 Å². The molecule has 1 saturated carbocycles. The number of nitrogens with two attached hydrogens (primary N) is 1. The number of rotatable bonds is 4. The summed E-state index contributed by atoms with van der Waals surface area (Å²) in [6.07, 6.45) is 1.80. The first kappa shape index (κ1) is 11.5. The molecule has 0 aliphatic heterocycles. The lowest BCUT2D eigenvalue weighted by molar-refractivity contribution is -0.149. The third kappa shape index (κ3) is 2.69. The van der Waals surface area contributed by atoms with Crippen LogP contribution in [0, 0.1) is 5.92 Å². The van der Waals surface area contributed by atoms with Crippen molar-refractivity contribution >= 4 is 5.97 Å². The summed E-state index contributed by atoms with van der Waals surface area (Å²) in [7, 11) is 0. The molecular weight excluding hydrogens is 182 g/mol. The van der Waals surface area contributed by atoms with Gasteiger partial charge in [0, 0.05) is 0 Å². The first-order valence-corrected chi connectivity index (χ1v) is 4.92. The molecule has 0 aromatic carbocycles. The molecule has 1 rings (SSSR count). The second kappa shape index (κ2) is 3.51. The third-order valence-electron chi connectivity index (χ3n) is 2.45. The van der Waals surface area contributed by atoms with Crippen LogP contribution in [0.1, 0.15) is 33.6 Å². The zero-order valence-electron chi connectivity index (χ0n) is 9.04. The molecule has 1 aliphatic carbocycles. The maximum Gasteiger partial charge on any atom is 0.326 e. The van der Waals surface area contributed by atoms with E-state index in [1.165, 1.54) is 0 Å². The van der Waals surface area contributed by atoms with Crippen molar-refractivity contribution in [3.8, 4) is 0 Å². The van der Waals surface area contributed by atoms with Gasteiger partial charge in [0.15, 0.2) is 0 Å². The molecule has 0 aromatic rings. The van der Waals surface area contributed by atoms with Crippen LogP contribution in [-0.4, -0.2) is 28.8 Å². The van der Waals surface area contributed by atoms with Gasteiger partial charge in [-0.25, -0.2) is 0 Å². The quantitative estimate of drug-likeness (QED) is 0.711. The van der Waals surface area contributed by atoms with E-state index >= 15 is 0 Å². The molecule has 0 bridgehead atoms. The highest BCUT2D eigenvalue weighted by molar-refractivity contribution is 5.79. The second-order valence-corrected chi connectivity index (χ2v) is 5.02. The van der Waals surface area contributed by atoms with Crippen LogP contribution >= 0.6 is 0 Å². The Morgan fingerprint density at radius 3 is 2.29 bits per heavy atom. The van der Waals surface area contributed by atoms with Crippen molar-refractivity contribution in [1.29, 1.82) is 0 Å². The lowest BCUT2D eigenvalue weighted by Gasteiger charge is -2.29. The fraction of sp³-hybridized carbons (Fsp3) is 0.900. The molecule has 82 valence electrons. The predicted octanol–water partition coefficient (Wildman–Crippen LogP) is 0.994. The monoisotopic (exact) mass is 201 g/mol.